The first-order valence-corrected chi connectivity index (χ1v) is 5.54. The fraction of sp³-hybridized carbons (Fsp3) is 0.231. The van der Waals surface area contributed by atoms with Gasteiger partial charge in [0.15, 0.2) is 11.5 Å². The number of ether oxygens (including phenoxy) is 3. The maximum absolute atomic E-state index is 11.0. The Balaban J connectivity index is 2.58. The van der Waals surface area contributed by atoms with Crippen LogP contribution in [0.1, 0.15) is 0 Å². The van der Waals surface area contributed by atoms with Gasteiger partial charge in [0.05, 0.1) is 21.3 Å². The van der Waals surface area contributed by atoms with E-state index in [2.05, 4.69) is 9.97 Å². The van der Waals surface area contributed by atoms with Crippen molar-refractivity contribution < 1.29 is 14.2 Å². The van der Waals surface area contributed by atoms with Gasteiger partial charge in [-0.2, -0.15) is 0 Å². The predicted octanol–water partition coefficient (Wildman–Crippen LogP) is 1.46. The molecule has 1 aromatic heterocycles. The lowest BCUT2D eigenvalue weighted by atomic mass is 10.1. The largest absolute Gasteiger partial charge is 0.493 e. The Hall–Kier alpha value is -2.50. The van der Waals surface area contributed by atoms with E-state index in [9.17, 15) is 4.79 Å². The Morgan fingerprint density at radius 1 is 1.00 bits per heavy atom. The number of aromatic amines is 1. The number of aromatic nitrogens is 2. The molecule has 6 nitrogen and oxygen atoms in total. The lowest BCUT2D eigenvalue weighted by molar-refractivity contribution is 0.324. The third-order valence-corrected chi connectivity index (χ3v) is 2.67. The van der Waals surface area contributed by atoms with Crippen LogP contribution in [-0.2, 0) is 0 Å². The summed E-state index contributed by atoms with van der Waals surface area (Å²) in [7, 11) is 4.64. The van der Waals surface area contributed by atoms with Crippen LogP contribution < -0.4 is 19.9 Å². The number of rotatable bonds is 4. The predicted molar refractivity (Wildman–Crippen MR) is 69.9 cm³/mol. The first-order valence-electron chi connectivity index (χ1n) is 5.54. The monoisotopic (exact) mass is 262 g/mol. The van der Waals surface area contributed by atoms with Crippen LogP contribution in [0.5, 0.6) is 17.2 Å². The normalized spacial score (nSPS) is 10.1. The fourth-order valence-corrected chi connectivity index (χ4v) is 1.75. The molecule has 0 atom stereocenters. The molecule has 1 N–H and O–H groups in total. The molecule has 19 heavy (non-hydrogen) atoms. The molecule has 0 bridgehead atoms. The molecular weight excluding hydrogens is 248 g/mol. The molecule has 0 amide bonds. The summed E-state index contributed by atoms with van der Waals surface area (Å²) in [5.41, 5.74) is 1.16. The highest BCUT2D eigenvalue weighted by molar-refractivity contribution is 5.69. The van der Waals surface area contributed by atoms with Crippen LogP contribution in [0.15, 0.2) is 29.3 Å². The van der Waals surface area contributed by atoms with Crippen LogP contribution in [0, 0.1) is 0 Å². The summed E-state index contributed by atoms with van der Waals surface area (Å²) in [4.78, 5) is 17.2. The molecule has 0 saturated heterocycles. The second kappa shape index (κ2) is 5.43. The molecule has 0 aliphatic carbocycles. The van der Waals surface area contributed by atoms with Crippen molar-refractivity contribution in [1.82, 2.24) is 9.97 Å². The van der Waals surface area contributed by atoms with Gasteiger partial charge in [0.25, 0.3) is 0 Å². The summed E-state index contributed by atoms with van der Waals surface area (Å²) in [5, 5.41) is 0. The third kappa shape index (κ3) is 2.52. The first kappa shape index (κ1) is 12.9. The highest BCUT2D eigenvalue weighted by Crippen LogP contribution is 2.40. The number of H-pyrrole nitrogens is 1. The minimum atomic E-state index is -0.392. The molecule has 6 heteroatoms. The van der Waals surface area contributed by atoms with Gasteiger partial charge in [0.2, 0.25) is 5.75 Å². The zero-order valence-corrected chi connectivity index (χ0v) is 10.9. The molecule has 1 heterocycles. The maximum Gasteiger partial charge on any atom is 0.344 e. The second-order valence-electron chi connectivity index (χ2n) is 3.72. The van der Waals surface area contributed by atoms with Crippen molar-refractivity contribution in [3.8, 4) is 28.4 Å². The van der Waals surface area contributed by atoms with Crippen molar-refractivity contribution in [3.63, 3.8) is 0 Å². The number of nitrogens with one attached hydrogen (secondary N) is 1. The van der Waals surface area contributed by atoms with Gasteiger partial charge in [0, 0.05) is 18.0 Å². The van der Waals surface area contributed by atoms with Crippen molar-refractivity contribution in [1.29, 1.82) is 0 Å². The van der Waals surface area contributed by atoms with E-state index in [1.54, 1.807) is 39.7 Å². The van der Waals surface area contributed by atoms with Crippen molar-refractivity contribution in [2.75, 3.05) is 21.3 Å². The molecule has 0 spiro atoms. The number of benzene rings is 1. The summed E-state index contributed by atoms with van der Waals surface area (Å²) >= 11 is 0. The van der Waals surface area contributed by atoms with Gasteiger partial charge in [-0.25, -0.2) is 9.78 Å². The van der Waals surface area contributed by atoms with E-state index in [0.29, 0.717) is 17.2 Å². The average molecular weight is 262 g/mol. The van der Waals surface area contributed by atoms with Crippen LogP contribution >= 0.6 is 0 Å². The molecule has 0 unspecified atom stereocenters. The average Bonchev–Trinajstić information content (AvgIpc) is 2.46. The van der Waals surface area contributed by atoms with Crippen LogP contribution in [0.25, 0.3) is 11.1 Å². The topological polar surface area (TPSA) is 73.4 Å². The number of nitrogens with zero attached hydrogens (tertiary/aromatic N) is 1. The smallest absolute Gasteiger partial charge is 0.344 e. The molecular formula is C13H14N2O4. The highest BCUT2D eigenvalue weighted by Gasteiger charge is 2.14. The molecule has 0 saturated carbocycles. The molecule has 100 valence electrons. The number of methoxy groups -OCH3 is 3. The van der Waals surface area contributed by atoms with Gasteiger partial charge in [-0.3, -0.25) is 0 Å². The quantitative estimate of drug-likeness (QED) is 0.903. The summed E-state index contributed by atoms with van der Waals surface area (Å²) in [5.74, 6) is 1.61. The van der Waals surface area contributed by atoms with Gasteiger partial charge in [-0.05, 0) is 17.7 Å². The summed E-state index contributed by atoms with van der Waals surface area (Å²) < 4.78 is 15.8. The van der Waals surface area contributed by atoms with Crippen molar-refractivity contribution in [2.45, 2.75) is 0 Å². The van der Waals surface area contributed by atoms with E-state index in [4.69, 9.17) is 14.2 Å². The zero-order valence-electron chi connectivity index (χ0n) is 10.9. The maximum atomic E-state index is 11.0. The summed E-state index contributed by atoms with van der Waals surface area (Å²) in [6.07, 6.45) is 3.07. The van der Waals surface area contributed by atoms with E-state index in [0.717, 1.165) is 11.1 Å². The van der Waals surface area contributed by atoms with Gasteiger partial charge >= 0.3 is 5.69 Å². The van der Waals surface area contributed by atoms with Crippen molar-refractivity contribution in [2.24, 2.45) is 0 Å². The molecule has 2 aromatic rings. The van der Waals surface area contributed by atoms with E-state index in [1.807, 2.05) is 0 Å². The van der Waals surface area contributed by atoms with Crippen LogP contribution in [0.4, 0.5) is 0 Å². The Morgan fingerprint density at radius 2 is 1.63 bits per heavy atom. The van der Waals surface area contributed by atoms with Gasteiger partial charge in [-0.15, -0.1) is 0 Å². The van der Waals surface area contributed by atoms with Crippen molar-refractivity contribution in [3.05, 3.63) is 35.0 Å². The zero-order chi connectivity index (χ0) is 13.8. The Bertz CT molecular complexity index is 591. The highest BCUT2D eigenvalue weighted by atomic mass is 16.5. The summed E-state index contributed by atoms with van der Waals surface area (Å²) in [6.45, 7) is 0. The summed E-state index contributed by atoms with van der Waals surface area (Å²) in [6, 6.07) is 3.58. The lowest BCUT2D eigenvalue weighted by Gasteiger charge is -2.13. The standard InChI is InChI=1S/C13H14N2O4/c1-17-10-4-8(5-11(18-2)12(10)19-3)9-6-14-13(16)15-7-9/h4-7H,1-3H3,(H,14,15,16). The lowest BCUT2D eigenvalue weighted by Crippen LogP contribution is -2.07. The number of hydrogen-bond donors (Lipinski definition) is 1. The minimum Gasteiger partial charge on any atom is -0.493 e. The van der Waals surface area contributed by atoms with E-state index in [-0.39, 0.29) is 0 Å². The Morgan fingerprint density at radius 3 is 2.05 bits per heavy atom. The molecule has 0 aliphatic rings. The Kier molecular flexibility index (Phi) is 3.70. The van der Waals surface area contributed by atoms with Crippen molar-refractivity contribution >= 4 is 0 Å². The van der Waals surface area contributed by atoms with Gasteiger partial charge < -0.3 is 19.2 Å². The minimum absolute atomic E-state index is 0.392. The fourth-order valence-electron chi connectivity index (χ4n) is 1.75. The first-order chi connectivity index (χ1) is 9.19. The SMILES string of the molecule is COc1cc(-c2cnc(=O)[nH]c2)cc(OC)c1OC. The van der Waals surface area contributed by atoms with Crippen LogP contribution in [0.2, 0.25) is 0 Å². The molecule has 0 radical (unpaired) electrons. The molecule has 2 rings (SSSR count). The second-order valence-corrected chi connectivity index (χ2v) is 3.72. The Labute approximate surface area is 110 Å². The number of hydrogen-bond acceptors (Lipinski definition) is 5. The van der Waals surface area contributed by atoms with Crippen LogP contribution in [-0.4, -0.2) is 31.3 Å². The molecule has 1 aromatic carbocycles. The molecule has 0 fully saturated rings. The molecule has 0 aliphatic heterocycles. The van der Waals surface area contributed by atoms with Gasteiger partial charge in [0.1, 0.15) is 0 Å². The van der Waals surface area contributed by atoms with Crippen LogP contribution in [0.3, 0.4) is 0 Å². The third-order valence-electron chi connectivity index (χ3n) is 2.67. The van der Waals surface area contributed by atoms with E-state index >= 15 is 0 Å². The van der Waals surface area contributed by atoms with Gasteiger partial charge in [-0.1, -0.05) is 0 Å². The van der Waals surface area contributed by atoms with E-state index < -0.39 is 5.69 Å². The van der Waals surface area contributed by atoms with E-state index in [1.165, 1.54) is 6.20 Å².